The Hall–Kier alpha value is -4.87. The zero-order chi connectivity index (χ0) is 32.6. The molecule has 3 N–H and O–H groups in total. The van der Waals surface area contributed by atoms with E-state index in [1.807, 2.05) is 78.9 Å². The molecular weight excluding hydrogens is 614 g/mol. The maximum absolute atomic E-state index is 12.9. The summed E-state index contributed by atoms with van der Waals surface area (Å²) in [5.41, 5.74) is 3.70. The van der Waals surface area contributed by atoms with Gasteiger partial charge in [-0.05, 0) is 65.7 Å². The van der Waals surface area contributed by atoms with Gasteiger partial charge < -0.3 is 35.2 Å². The number of hydrogen-bond acceptors (Lipinski definition) is 7. The number of aliphatic hydroxyl groups excluding tert-OH is 1. The summed E-state index contributed by atoms with van der Waals surface area (Å²) in [7, 11) is 0. The van der Waals surface area contributed by atoms with E-state index in [0.29, 0.717) is 27.9 Å². The Balaban J connectivity index is 1.15. The monoisotopic (exact) mass is 649 g/mol. The first-order chi connectivity index (χ1) is 22.9. The number of anilines is 2. The highest BCUT2D eigenvalue weighted by Gasteiger charge is 2.38. The van der Waals surface area contributed by atoms with Gasteiger partial charge in [-0.25, -0.2) is 4.79 Å². The topological polar surface area (TPSA) is 116 Å². The molecule has 6 rings (SSSR count). The third-order valence-corrected chi connectivity index (χ3v) is 8.92. The van der Waals surface area contributed by atoms with Crippen molar-refractivity contribution in [3.63, 3.8) is 0 Å². The molecule has 2 heterocycles. The third-order valence-electron chi connectivity index (χ3n) is 7.82. The van der Waals surface area contributed by atoms with Gasteiger partial charge in [-0.15, -0.1) is 0 Å². The smallest absolute Gasteiger partial charge is 0.323 e. The first-order valence-corrected chi connectivity index (χ1v) is 16.3. The van der Waals surface area contributed by atoms with Gasteiger partial charge in [0.05, 0.1) is 18.8 Å². The lowest BCUT2D eigenvalue weighted by Crippen LogP contribution is -2.39. The van der Waals surface area contributed by atoms with Gasteiger partial charge in [-0.1, -0.05) is 73.3 Å². The molecule has 5 aromatic rings. The molecule has 4 atom stereocenters. The van der Waals surface area contributed by atoms with E-state index in [4.69, 9.17) is 14.2 Å². The Morgan fingerprint density at radius 3 is 2.30 bits per heavy atom. The normalized spacial score (nSPS) is 19.1. The van der Waals surface area contributed by atoms with Crippen molar-refractivity contribution in [3.8, 4) is 11.5 Å². The first kappa shape index (κ1) is 32.1. The van der Waals surface area contributed by atoms with E-state index in [1.165, 1.54) is 18.0 Å². The number of aromatic nitrogens is 1. The number of benzene rings is 4. The van der Waals surface area contributed by atoms with Gasteiger partial charge in [0.1, 0.15) is 11.5 Å². The SMILES string of the molecule is C[C@H]1[C@@H](CSc2cccc[n+]2[O-])O[C@@H](c2cccc(NC(=O)Nc3ccc(Oc4ccccc4)cc3)c2)O[C@H]1c1ccc(CO)cc1. The molecule has 9 nitrogen and oxygen atoms in total. The lowest BCUT2D eigenvalue weighted by Gasteiger charge is -2.41. The Kier molecular flexibility index (Phi) is 10.3. The number of nitrogens with one attached hydrogen (secondary N) is 2. The van der Waals surface area contributed by atoms with E-state index in [2.05, 4.69) is 17.6 Å². The van der Waals surface area contributed by atoms with Gasteiger partial charge in [0.25, 0.3) is 5.03 Å². The zero-order valence-corrected chi connectivity index (χ0v) is 26.5. The summed E-state index contributed by atoms with van der Waals surface area (Å²) in [5.74, 6) is 1.88. The molecule has 0 bridgehead atoms. The molecule has 0 aliphatic carbocycles. The molecule has 1 fully saturated rings. The molecule has 47 heavy (non-hydrogen) atoms. The van der Waals surface area contributed by atoms with Gasteiger partial charge >= 0.3 is 6.03 Å². The van der Waals surface area contributed by atoms with Crippen molar-refractivity contribution in [2.24, 2.45) is 5.92 Å². The fraction of sp³-hybridized carbons (Fsp3) is 0.189. The number of pyridine rings is 1. The largest absolute Gasteiger partial charge is 0.618 e. The van der Waals surface area contributed by atoms with E-state index in [0.717, 1.165) is 27.2 Å². The van der Waals surface area contributed by atoms with Crippen molar-refractivity contribution in [1.29, 1.82) is 0 Å². The third kappa shape index (κ3) is 8.30. The molecule has 1 aliphatic heterocycles. The first-order valence-electron chi connectivity index (χ1n) is 15.3. The Labute approximate surface area is 277 Å². The average molecular weight is 650 g/mol. The number of urea groups is 1. The van der Waals surface area contributed by atoms with E-state index in [-0.39, 0.29) is 24.7 Å². The second-order valence-corrected chi connectivity index (χ2v) is 12.2. The average Bonchev–Trinajstić information content (AvgIpc) is 3.10. The van der Waals surface area contributed by atoms with Crippen molar-refractivity contribution in [3.05, 3.63) is 149 Å². The molecule has 0 unspecified atom stereocenters. The molecular formula is C37H35N3O6S. The van der Waals surface area contributed by atoms with Crippen molar-refractivity contribution in [2.75, 3.05) is 16.4 Å². The number of hydrogen-bond donors (Lipinski definition) is 3. The molecule has 0 radical (unpaired) electrons. The summed E-state index contributed by atoms with van der Waals surface area (Å²) in [6, 6.07) is 36.6. The highest BCUT2D eigenvalue weighted by molar-refractivity contribution is 7.99. The van der Waals surface area contributed by atoms with Crippen LogP contribution in [-0.2, 0) is 16.1 Å². The molecule has 240 valence electrons. The molecule has 1 aromatic heterocycles. The van der Waals surface area contributed by atoms with E-state index < -0.39 is 12.3 Å². The minimum Gasteiger partial charge on any atom is -0.618 e. The summed E-state index contributed by atoms with van der Waals surface area (Å²) in [5, 5.41) is 28.2. The van der Waals surface area contributed by atoms with Crippen LogP contribution in [0.2, 0.25) is 0 Å². The summed E-state index contributed by atoms with van der Waals surface area (Å²) < 4.78 is 19.8. The van der Waals surface area contributed by atoms with Gasteiger partial charge in [-0.3, -0.25) is 0 Å². The van der Waals surface area contributed by atoms with Gasteiger partial charge in [0, 0.05) is 40.7 Å². The number of carbonyl (C=O) groups is 1. The van der Waals surface area contributed by atoms with Crippen LogP contribution in [0.4, 0.5) is 16.2 Å². The van der Waals surface area contributed by atoms with Gasteiger partial charge in [0.2, 0.25) is 0 Å². The molecule has 0 spiro atoms. The minimum absolute atomic E-state index is 0.0417. The number of rotatable bonds is 10. The molecule has 1 aliphatic rings. The molecule has 1 saturated heterocycles. The maximum atomic E-state index is 12.9. The number of aliphatic hydroxyl groups is 1. The standard InChI is InChI=1S/C37H35N3O6S/c1-25-33(24-47-34-12-5-6-21-40(34)43)45-36(46-35(25)27-15-13-26(23-41)14-16-27)28-8-7-9-30(22-28)39-37(42)38-29-17-19-32(20-18-29)44-31-10-3-2-4-11-31/h2-22,25,33,35-36,41H,23-24H2,1H3,(H2,38,39,42)/t25-,33+,35+,36+/m0/s1. The van der Waals surface area contributed by atoms with Crippen molar-refractivity contribution in [2.45, 2.75) is 37.1 Å². The van der Waals surface area contributed by atoms with E-state index in [9.17, 15) is 15.1 Å². The van der Waals surface area contributed by atoms with Crippen LogP contribution in [0.5, 0.6) is 11.5 Å². The summed E-state index contributed by atoms with van der Waals surface area (Å²) in [6.45, 7) is 2.03. The lowest BCUT2D eigenvalue weighted by molar-refractivity contribution is -0.645. The predicted molar refractivity (Wildman–Crippen MR) is 181 cm³/mol. The lowest BCUT2D eigenvalue weighted by atomic mass is 9.91. The highest BCUT2D eigenvalue weighted by Crippen LogP contribution is 2.43. The quantitative estimate of drug-likeness (QED) is 0.0802. The Morgan fingerprint density at radius 2 is 1.55 bits per heavy atom. The maximum Gasteiger partial charge on any atom is 0.323 e. The van der Waals surface area contributed by atoms with Crippen LogP contribution in [-0.4, -0.2) is 23.0 Å². The Morgan fingerprint density at radius 1 is 0.830 bits per heavy atom. The second kappa shape index (κ2) is 15.1. The van der Waals surface area contributed by atoms with Crippen LogP contribution >= 0.6 is 11.8 Å². The fourth-order valence-electron chi connectivity index (χ4n) is 5.29. The summed E-state index contributed by atoms with van der Waals surface area (Å²) in [6.07, 6.45) is 0.192. The highest BCUT2D eigenvalue weighted by atomic mass is 32.2. The molecule has 0 saturated carbocycles. The molecule has 2 amide bonds. The van der Waals surface area contributed by atoms with Crippen molar-refractivity contribution in [1.82, 2.24) is 0 Å². The van der Waals surface area contributed by atoms with Crippen LogP contribution in [0, 0.1) is 11.1 Å². The van der Waals surface area contributed by atoms with Gasteiger partial charge in [0.15, 0.2) is 12.5 Å². The number of carbonyl (C=O) groups excluding carboxylic acids is 1. The minimum atomic E-state index is -0.726. The zero-order valence-electron chi connectivity index (χ0n) is 25.7. The van der Waals surface area contributed by atoms with Crippen LogP contribution in [0.3, 0.4) is 0 Å². The number of amides is 2. The molecule has 4 aromatic carbocycles. The second-order valence-electron chi connectivity index (χ2n) is 11.1. The van der Waals surface area contributed by atoms with Crippen LogP contribution in [0.15, 0.2) is 133 Å². The van der Waals surface area contributed by atoms with E-state index >= 15 is 0 Å². The van der Waals surface area contributed by atoms with E-state index in [1.54, 1.807) is 42.5 Å². The number of nitrogens with zero attached hydrogens (tertiary/aromatic N) is 1. The van der Waals surface area contributed by atoms with Crippen LogP contribution < -0.4 is 20.1 Å². The number of ether oxygens (including phenoxy) is 3. The summed E-state index contributed by atoms with van der Waals surface area (Å²) >= 11 is 1.44. The molecule has 10 heteroatoms. The van der Waals surface area contributed by atoms with Crippen molar-refractivity contribution >= 4 is 29.2 Å². The van der Waals surface area contributed by atoms with Gasteiger partial charge in [-0.2, -0.15) is 4.73 Å². The fourth-order valence-corrected chi connectivity index (χ4v) is 6.37. The van der Waals surface area contributed by atoms with Crippen LogP contribution in [0.1, 0.15) is 36.0 Å². The number of thioether (sulfide) groups is 1. The summed E-state index contributed by atoms with van der Waals surface area (Å²) in [4.78, 5) is 12.9. The Bertz CT molecular complexity index is 1770. The van der Waals surface area contributed by atoms with Crippen molar-refractivity contribution < 1.29 is 28.8 Å². The number of para-hydroxylation sites is 1. The van der Waals surface area contributed by atoms with Crippen LogP contribution in [0.25, 0.3) is 0 Å². The predicted octanol–water partition coefficient (Wildman–Crippen LogP) is 7.83.